The zero-order valence-electron chi connectivity index (χ0n) is 15.0. The summed E-state index contributed by atoms with van der Waals surface area (Å²) < 4.78 is 37.0. The number of thiazole rings is 1. The lowest BCUT2D eigenvalue weighted by Crippen LogP contribution is -2.35. The second-order valence-electron chi connectivity index (χ2n) is 6.87. The maximum Gasteiger partial charge on any atom is 0.175 e. The van der Waals surface area contributed by atoms with E-state index in [1.165, 1.54) is 12.1 Å². The molecule has 5 nitrogen and oxygen atoms in total. The highest BCUT2D eigenvalue weighted by molar-refractivity contribution is 7.90. The summed E-state index contributed by atoms with van der Waals surface area (Å²) in [5.41, 5.74) is 1.50. The van der Waals surface area contributed by atoms with Gasteiger partial charge in [0.2, 0.25) is 0 Å². The Labute approximate surface area is 158 Å². The summed E-state index contributed by atoms with van der Waals surface area (Å²) in [4.78, 5) is 6.93. The monoisotopic (exact) mass is 397 g/mol. The van der Waals surface area contributed by atoms with Crippen molar-refractivity contribution in [2.75, 3.05) is 31.2 Å². The van der Waals surface area contributed by atoms with Crippen LogP contribution >= 0.6 is 11.3 Å². The van der Waals surface area contributed by atoms with Gasteiger partial charge >= 0.3 is 0 Å². The van der Waals surface area contributed by atoms with E-state index >= 15 is 0 Å². The van der Waals surface area contributed by atoms with Gasteiger partial charge in [-0.3, -0.25) is 4.90 Å². The maximum absolute atomic E-state index is 14.1. The van der Waals surface area contributed by atoms with Crippen molar-refractivity contribution < 1.29 is 12.8 Å². The van der Waals surface area contributed by atoms with E-state index in [4.69, 9.17) is 0 Å². The summed E-state index contributed by atoms with van der Waals surface area (Å²) >= 11 is 1.68. The third-order valence-electron chi connectivity index (χ3n) is 4.71. The molecule has 2 aromatic rings. The second kappa shape index (κ2) is 8.02. The lowest BCUT2D eigenvalue weighted by Gasteiger charge is -2.31. The number of likely N-dealkylation sites (tertiary alicyclic amines) is 1. The van der Waals surface area contributed by atoms with E-state index < -0.39 is 15.7 Å². The Morgan fingerprint density at radius 3 is 2.65 bits per heavy atom. The molecular formula is C18H24FN3O2S2. The van der Waals surface area contributed by atoms with Gasteiger partial charge in [-0.1, -0.05) is 0 Å². The maximum atomic E-state index is 14.1. The Bertz CT molecular complexity index is 859. The van der Waals surface area contributed by atoms with Crippen molar-refractivity contribution in [3.63, 3.8) is 0 Å². The molecule has 1 aromatic carbocycles. The van der Waals surface area contributed by atoms with Crippen LogP contribution in [0.25, 0.3) is 0 Å². The molecule has 0 bridgehead atoms. The number of aromatic nitrogens is 1. The lowest BCUT2D eigenvalue weighted by molar-refractivity contribution is 0.181. The fraction of sp³-hybridized carbons (Fsp3) is 0.500. The minimum absolute atomic E-state index is 0.00568. The number of hydrogen-bond donors (Lipinski definition) is 1. The SMILES string of the molecule is Cc1nc(CN2CCC(CNc3ccc(S(C)(=O)=O)cc3F)CC2)cs1. The number of aryl methyl sites for hydroxylation is 1. The molecule has 0 amide bonds. The molecular weight excluding hydrogens is 373 g/mol. The number of benzene rings is 1. The Kier molecular flexibility index (Phi) is 5.94. The lowest BCUT2D eigenvalue weighted by atomic mass is 9.96. The molecule has 8 heteroatoms. The Hall–Kier alpha value is -1.51. The van der Waals surface area contributed by atoms with Crippen LogP contribution in [-0.2, 0) is 16.4 Å². The van der Waals surface area contributed by atoms with E-state index in [0.717, 1.165) is 55.5 Å². The van der Waals surface area contributed by atoms with Gasteiger partial charge < -0.3 is 5.32 Å². The quantitative estimate of drug-likeness (QED) is 0.810. The third-order valence-corrected chi connectivity index (χ3v) is 6.64. The van der Waals surface area contributed by atoms with E-state index in [2.05, 4.69) is 20.6 Å². The normalized spacial score (nSPS) is 16.7. The molecule has 0 unspecified atom stereocenters. The molecule has 26 heavy (non-hydrogen) atoms. The zero-order valence-corrected chi connectivity index (χ0v) is 16.7. The number of rotatable bonds is 6. The minimum atomic E-state index is -3.39. The molecule has 1 fully saturated rings. The summed E-state index contributed by atoms with van der Waals surface area (Å²) in [5.74, 6) is -0.0401. The van der Waals surface area contributed by atoms with Crippen LogP contribution in [0.2, 0.25) is 0 Å². The van der Waals surface area contributed by atoms with Gasteiger partial charge in [-0.25, -0.2) is 17.8 Å². The Morgan fingerprint density at radius 2 is 2.08 bits per heavy atom. The molecule has 0 saturated carbocycles. The topological polar surface area (TPSA) is 62.3 Å². The van der Waals surface area contributed by atoms with E-state index in [9.17, 15) is 12.8 Å². The molecule has 1 aliphatic rings. The number of nitrogens with zero attached hydrogens (tertiary/aromatic N) is 2. The zero-order chi connectivity index (χ0) is 18.7. The van der Waals surface area contributed by atoms with Crippen LogP contribution in [0, 0.1) is 18.7 Å². The Balaban J connectivity index is 1.48. The second-order valence-corrected chi connectivity index (χ2v) is 9.95. The minimum Gasteiger partial charge on any atom is -0.382 e. The highest BCUT2D eigenvalue weighted by Gasteiger charge is 2.20. The predicted molar refractivity (Wildman–Crippen MR) is 103 cm³/mol. The molecule has 2 heterocycles. The van der Waals surface area contributed by atoms with E-state index in [1.54, 1.807) is 11.3 Å². The smallest absolute Gasteiger partial charge is 0.175 e. The van der Waals surface area contributed by atoms with E-state index in [-0.39, 0.29) is 4.90 Å². The molecule has 1 N–H and O–H groups in total. The molecule has 1 aliphatic heterocycles. The molecule has 0 aliphatic carbocycles. The molecule has 1 saturated heterocycles. The first-order chi connectivity index (χ1) is 12.3. The van der Waals surface area contributed by atoms with E-state index in [0.29, 0.717) is 18.2 Å². The molecule has 3 rings (SSSR count). The van der Waals surface area contributed by atoms with Gasteiger partial charge in [0.25, 0.3) is 0 Å². The van der Waals surface area contributed by atoms with Gasteiger partial charge in [-0.05, 0) is 57.0 Å². The number of anilines is 1. The molecule has 142 valence electrons. The number of sulfone groups is 1. The van der Waals surface area contributed by atoms with Crippen molar-refractivity contribution in [1.29, 1.82) is 0 Å². The third kappa shape index (κ3) is 5.02. The van der Waals surface area contributed by atoms with Gasteiger partial charge in [0, 0.05) is 24.7 Å². The first-order valence-corrected chi connectivity index (χ1v) is 11.5. The first-order valence-electron chi connectivity index (χ1n) is 8.68. The van der Waals surface area contributed by atoms with Crippen LogP contribution < -0.4 is 5.32 Å². The summed E-state index contributed by atoms with van der Waals surface area (Å²) in [6, 6.07) is 4.03. The number of halogens is 1. The van der Waals surface area contributed by atoms with E-state index in [1.807, 2.05) is 6.92 Å². The molecule has 0 atom stereocenters. The predicted octanol–water partition coefficient (Wildman–Crippen LogP) is 3.32. The van der Waals surface area contributed by atoms with Crippen LogP contribution in [0.4, 0.5) is 10.1 Å². The van der Waals surface area contributed by atoms with Gasteiger partial charge in [-0.2, -0.15) is 0 Å². The first kappa shape index (κ1) is 19.3. The van der Waals surface area contributed by atoms with Crippen LogP contribution in [0.3, 0.4) is 0 Å². The van der Waals surface area contributed by atoms with Gasteiger partial charge in [-0.15, -0.1) is 11.3 Å². The van der Waals surface area contributed by atoms with Crippen molar-refractivity contribution in [1.82, 2.24) is 9.88 Å². The molecule has 0 radical (unpaired) electrons. The fourth-order valence-electron chi connectivity index (χ4n) is 3.18. The average Bonchev–Trinajstić information content (AvgIpc) is 2.99. The van der Waals surface area contributed by atoms with Crippen LogP contribution in [-0.4, -0.2) is 44.2 Å². The van der Waals surface area contributed by atoms with Crippen molar-refractivity contribution in [2.24, 2.45) is 5.92 Å². The van der Waals surface area contributed by atoms with Crippen molar-refractivity contribution >= 4 is 26.9 Å². The largest absolute Gasteiger partial charge is 0.382 e. The average molecular weight is 398 g/mol. The van der Waals surface area contributed by atoms with Crippen molar-refractivity contribution in [3.05, 3.63) is 40.1 Å². The van der Waals surface area contributed by atoms with Crippen molar-refractivity contribution in [3.8, 4) is 0 Å². The van der Waals surface area contributed by atoms with Gasteiger partial charge in [0.15, 0.2) is 9.84 Å². The molecule has 1 aromatic heterocycles. The summed E-state index contributed by atoms with van der Waals surface area (Å²) in [5, 5.41) is 6.35. The highest BCUT2D eigenvalue weighted by atomic mass is 32.2. The Morgan fingerprint density at radius 1 is 1.35 bits per heavy atom. The summed E-state index contributed by atoms with van der Waals surface area (Å²) in [6.45, 7) is 5.63. The van der Waals surface area contributed by atoms with Crippen molar-refractivity contribution in [2.45, 2.75) is 31.2 Å². The summed E-state index contributed by atoms with van der Waals surface area (Å²) in [7, 11) is -3.39. The number of hydrogen-bond acceptors (Lipinski definition) is 6. The number of nitrogens with one attached hydrogen (secondary N) is 1. The van der Waals surface area contributed by atoms with Gasteiger partial charge in [0.05, 0.1) is 21.3 Å². The van der Waals surface area contributed by atoms with Crippen LogP contribution in [0.15, 0.2) is 28.5 Å². The van der Waals surface area contributed by atoms with Gasteiger partial charge in [0.1, 0.15) is 5.82 Å². The molecule has 0 spiro atoms. The number of piperidine rings is 1. The summed E-state index contributed by atoms with van der Waals surface area (Å²) in [6.07, 6.45) is 3.19. The van der Waals surface area contributed by atoms with Crippen LogP contribution in [0.1, 0.15) is 23.5 Å². The van der Waals surface area contributed by atoms with Crippen LogP contribution in [0.5, 0.6) is 0 Å². The fourth-order valence-corrected chi connectivity index (χ4v) is 4.42. The highest BCUT2D eigenvalue weighted by Crippen LogP contribution is 2.23. The standard InChI is InChI=1S/C18H24FN3O2S2/c1-13-21-15(12-25-13)11-22-7-5-14(6-8-22)10-20-18-4-3-16(9-17(18)19)26(2,23)24/h3-4,9,12,14,20H,5-8,10-11H2,1-2H3.